The SMILES string of the molecule is CC1=C(/C=C/C=C/C=C/C(C)=C/C(=O)O)C(C)(C)CCC1. The lowest BCUT2D eigenvalue weighted by Gasteiger charge is -2.32. The third-order valence-electron chi connectivity index (χ3n) is 3.85. The van der Waals surface area contributed by atoms with Crippen LogP contribution in [0.2, 0.25) is 0 Å². The fourth-order valence-electron chi connectivity index (χ4n) is 2.74. The van der Waals surface area contributed by atoms with Gasteiger partial charge in [0.15, 0.2) is 0 Å². The number of aliphatic carboxylic acids is 1. The van der Waals surface area contributed by atoms with Crippen molar-refractivity contribution in [3.05, 3.63) is 59.3 Å². The van der Waals surface area contributed by atoms with Crippen LogP contribution in [0.15, 0.2) is 59.3 Å². The number of allylic oxidation sites excluding steroid dienone is 9. The molecule has 1 N–H and O–H groups in total. The molecule has 1 rings (SSSR count). The van der Waals surface area contributed by atoms with E-state index in [1.807, 2.05) is 18.2 Å². The molecule has 0 aromatic heterocycles. The maximum Gasteiger partial charge on any atom is 0.328 e. The first-order valence-electron chi connectivity index (χ1n) is 7.46. The Morgan fingerprint density at radius 3 is 2.48 bits per heavy atom. The summed E-state index contributed by atoms with van der Waals surface area (Å²) in [6.45, 7) is 8.61. The van der Waals surface area contributed by atoms with Crippen LogP contribution >= 0.6 is 0 Å². The molecule has 114 valence electrons. The topological polar surface area (TPSA) is 37.3 Å². The van der Waals surface area contributed by atoms with E-state index in [1.54, 1.807) is 13.0 Å². The maximum atomic E-state index is 10.5. The van der Waals surface area contributed by atoms with Gasteiger partial charge in [0.2, 0.25) is 0 Å². The Morgan fingerprint density at radius 2 is 1.86 bits per heavy atom. The van der Waals surface area contributed by atoms with Gasteiger partial charge in [0.1, 0.15) is 0 Å². The van der Waals surface area contributed by atoms with Crippen LogP contribution in [-0.4, -0.2) is 11.1 Å². The van der Waals surface area contributed by atoms with Crippen LogP contribution in [0.3, 0.4) is 0 Å². The third kappa shape index (κ3) is 5.99. The van der Waals surface area contributed by atoms with Crippen molar-refractivity contribution in [2.45, 2.75) is 47.0 Å². The van der Waals surface area contributed by atoms with Gasteiger partial charge in [0.25, 0.3) is 0 Å². The molecule has 2 heteroatoms. The van der Waals surface area contributed by atoms with E-state index in [0.29, 0.717) is 0 Å². The average molecular weight is 286 g/mol. The number of hydrogen-bond acceptors (Lipinski definition) is 1. The minimum atomic E-state index is -0.914. The molecule has 0 aliphatic heterocycles. The van der Waals surface area contributed by atoms with Crippen molar-refractivity contribution in [2.75, 3.05) is 0 Å². The molecule has 0 unspecified atom stereocenters. The van der Waals surface area contributed by atoms with Crippen LogP contribution in [0.1, 0.15) is 47.0 Å². The number of carbonyl (C=O) groups is 1. The quantitative estimate of drug-likeness (QED) is 0.556. The van der Waals surface area contributed by atoms with Gasteiger partial charge < -0.3 is 5.11 Å². The number of carboxylic acids is 1. The van der Waals surface area contributed by atoms with Crippen LogP contribution in [-0.2, 0) is 4.79 Å². The highest BCUT2D eigenvalue weighted by atomic mass is 16.4. The van der Waals surface area contributed by atoms with Crippen molar-refractivity contribution in [3.8, 4) is 0 Å². The van der Waals surface area contributed by atoms with E-state index in [0.717, 1.165) is 5.57 Å². The van der Waals surface area contributed by atoms with Crippen molar-refractivity contribution in [2.24, 2.45) is 5.41 Å². The summed E-state index contributed by atoms with van der Waals surface area (Å²) in [5, 5.41) is 8.60. The van der Waals surface area contributed by atoms with Crippen LogP contribution < -0.4 is 0 Å². The number of carboxylic acid groups (broad SMARTS) is 1. The molecular weight excluding hydrogens is 260 g/mol. The van der Waals surface area contributed by atoms with Gasteiger partial charge in [-0.05, 0) is 49.7 Å². The summed E-state index contributed by atoms with van der Waals surface area (Å²) in [4.78, 5) is 10.5. The Hall–Kier alpha value is -1.83. The molecule has 21 heavy (non-hydrogen) atoms. The van der Waals surface area contributed by atoms with Crippen molar-refractivity contribution in [1.29, 1.82) is 0 Å². The highest BCUT2D eigenvalue weighted by Crippen LogP contribution is 2.40. The lowest BCUT2D eigenvalue weighted by molar-refractivity contribution is -0.131. The zero-order chi connectivity index (χ0) is 15.9. The highest BCUT2D eigenvalue weighted by molar-refractivity contribution is 5.81. The molecule has 0 amide bonds. The molecule has 0 aromatic carbocycles. The molecule has 0 atom stereocenters. The number of rotatable bonds is 5. The molecule has 1 aliphatic rings. The monoisotopic (exact) mass is 286 g/mol. The Balaban J connectivity index is 2.64. The molecule has 0 fully saturated rings. The van der Waals surface area contributed by atoms with Gasteiger partial charge in [-0.25, -0.2) is 4.79 Å². The Labute approximate surface area is 128 Å². The van der Waals surface area contributed by atoms with Gasteiger partial charge in [0.05, 0.1) is 0 Å². The van der Waals surface area contributed by atoms with Gasteiger partial charge in [-0.15, -0.1) is 0 Å². The van der Waals surface area contributed by atoms with Crippen LogP contribution in [0.25, 0.3) is 0 Å². The van der Waals surface area contributed by atoms with Crippen molar-refractivity contribution in [1.82, 2.24) is 0 Å². The second-order valence-electron chi connectivity index (χ2n) is 6.26. The summed E-state index contributed by atoms with van der Waals surface area (Å²) in [5.74, 6) is -0.914. The van der Waals surface area contributed by atoms with E-state index < -0.39 is 5.97 Å². The van der Waals surface area contributed by atoms with Gasteiger partial charge >= 0.3 is 5.97 Å². The van der Waals surface area contributed by atoms with Crippen LogP contribution in [0.4, 0.5) is 0 Å². The molecule has 0 aromatic rings. The standard InChI is InChI=1S/C19H26O2/c1-15(14-18(20)21)10-7-5-6-8-12-17-16(2)11-9-13-19(17,3)4/h5-8,10,12,14H,9,11,13H2,1-4H3,(H,20,21)/b6-5+,10-7+,12-8+,15-14+. The molecule has 0 saturated heterocycles. The Kier molecular flexibility index (Phi) is 6.41. The lowest BCUT2D eigenvalue weighted by Crippen LogP contribution is -2.18. The second-order valence-corrected chi connectivity index (χ2v) is 6.26. The predicted octanol–water partition coefficient (Wildman–Crippen LogP) is 5.21. The summed E-state index contributed by atoms with van der Waals surface area (Å²) < 4.78 is 0. The molecule has 0 radical (unpaired) electrons. The van der Waals surface area contributed by atoms with Gasteiger partial charge in [-0.1, -0.05) is 55.9 Å². The van der Waals surface area contributed by atoms with Crippen LogP contribution in [0, 0.1) is 5.41 Å². The summed E-state index contributed by atoms with van der Waals surface area (Å²) >= 11 is 0. The molecular formula is C19H26O2. The normalized spacial score (nSPS) is 20.1. The first-order chi connectivity index (χ1) is 9.83. The average Bonchev–Trinajstić information content (AvgIpc) is 2.34. The first-order valence-corrected chi connectivity index (χ1v) is 7.46. The molecule has 0 bridgehead atoms. The maximum absolute atomic E-state index is 10.5. The van der Waals surface area contributed by atoms with E-state index in [-0.39, 0.29) is 5.41 Å². The van der Waals surface area contributed by atoms with Crippen LogP contribution in [0.5, 0.6) is 0 Å². The van der Waals surface area contributed by atoms with Crippen molar-refractivity contribution >= 4 is 5.97 Å². The van der Waals surface area contributed by atoms with Gasteiger partial charge in [-0.2, -0.15) is 0 Å². The highest BCUT2D eigenvalue weighted by Gasteiger charge is 2.26. The summed E-state index contributed by atoms with van der Waals surface area (Å²) in [6.07, 6.45) is 16.7. The fourth-order valence-corrected chi connectivity index (χ4v) is 2.74. The van der Waals surface area contributed by atoms with E-state index in [2.05, 4.69) is 32.9 Å². The molecule has 0 heterocycles. The van der Waals surface area contributed by atoms with Gasteiger partial charge in [-0.3, -0.25) is 0 Å². The molecule has 0 saturated carbocycles. The Morgan fingerprint density at radius 1 is 1.19 bits per heavy atom. The summed E-state index contributed by atoms with van der Waals surface area (Å²) in [5.41, 5.74) is 3.93. The van der Waals surface area contributed by atoms with Gasteiger partial charge in [0, 0.05) is 6.08 Å². The lowest BCUT2D eigenvalue weighted by atomic mass is 9.73. The van der Waals surface area contributed by atoms with E-state index in [9.17, 15) is 4.79 Å². The summed E-state index contributed by atoms with van der Waals surface area (Å²) in [6, 6.07) is 0. The van der Waals surface area contributed by atoms with E-state index in [1.165, 1.54) is 36.5 Å². The smallest absolute Gasteiger partial charge is 0.328 e. The summed E-state index contributed by atoms with van der Waals surface area (Å²) in [7, 11) is 0. The van der Waals surface area contributed by atoms with Crippen molar-refractivity contribution in [3.63, 3.8) is 0 Å². The second kappa shape index (κ2) is 7.82. The zero-order valence-corrected chi connectivity index (χ0v) is 13.5. The van der Waals surface area contributed by atoms with Crippen molar-refractivity contribution < 1.29 is 9.90 Å². The van der Waals surface area contributed by atoms with E-state index in [4.69, 9.17) is 5.11 Å². The first kappa shape index (κ1) is 17.2. The zero-order valence-electron chi connectivity index (χ0n) is 13.5. The minimum absolute atomic E-state index is 0.267. The van der Waals surface area contributed by atoms with E-state index >= 15 is 0 Å². The predicted molar refractivity (Wildman–Crippen MR) is 89.1 cm³/mol. The molecule has 0 spiro atoms. The minimum Gasteiger partial charge on any atom is -0.478 e. The third-order valence-corrected chi connectivity index (χ3v) is 3.85. The molecule has 2 nitrogen and oxygen atoms in total. The Bertz CT molecular complexity index is 526. The fraction of sp³-hybridized carbons (Fsp3) is 0.421. The largest absolute Gasteiger partial charge is 0.478 e. The molecule has 1 aliphatic carbocycles. The number of hydrogen-bond donors (Lipinski definition) is 1.